The molecule has 1 unspecified atom stereocenters. The maximum absolute atomic E-state index is 12.5. The first-order valence-electron chi connectivity index (χ1n) is 8.71. The van der Waals surface area contributed by atoms with Crippen molar-refractivity contribution in [2.75, 3.05) is 0 Å². The van der Waals surface area contributed by atoms with Crippen LogP contribution in [0.3, 0.4) is 0 Å². The molecule has 1 aliphatic heterocycles. The molecule has 2 rings (SSSR count). The SMILES string of the molecule is CC(C)(C)OC(=O)n1cccc1C(CC(=O)O)B1OC(C)(C)C(C)(C)O1. The van der Waals surface area contributed by atoms with Gasteiger partial charge in [0.1, 0.15) is 5.60 Å². The van der Waals surface area contributed by atoms with Crippen LogP contribution in [-0.4, -0.2) is 45.7 Å². The molecule has 144 valence electrons. The van der Waals surface area contributed by atoms with Crippen molar-refractivity contribution in [3.05, 3.63) is 24.0 Å². The zero-order valence-corrected chi connectivity index (χ0v) is 16.5. The van der Waals surface area contributed by atoms with Gasteiger partial charge < -0.3 is 19.2 Å². The number of hydrogen-bond acceptors (Lipinski definition) is 5. The van der Waals surface area contributed by atoms with E-state index in [9.17, 15) is 14.7 Å². The number of carboxylic acids is 1. The maximum Gasteiger partial charge on any atom is 0.467 e. The number of aliphatic carboxylic acids is 1. The van der Waals surface area contributed by atoms with Crippen LogP contribution in [0.1, 0.15) is 66.4 Å². The Kier molecular flexibility index (Phi) is 5.32. The first kappa shape index (κ1) is 20.5. The van der Waals surface area contributed by atoms with Crippen LogP contribution in [-0.2, 0) is 18.8 Å². The number of rotatable bonds is 4. The average molecular weight is 365 g/mol. The largest absolute Gasteiger partial charge is 0.481 e. The number of carboxylic acid groups (broad SMARTS) is 1. The van der Waals surface area contributed by atoms with Crippen molar-refractivity contribution in [3.8, 4) is 0 Å². The van der Waals surface area contributed by atoms with Gasteiger partial charge in [-0.3, -0.25) is 9.36 Å². The highest BCUT2D eigenvalue weighted by molar-refractivity contribution is 6.48. The topological polar surface area (TPSA) is 87.0 Å². The molecule has 0 amide bonds. The highest BCUT2D eigenvalue weighted by Crippen LogP contribution is 2.41. The van der Waals surface area contributed by atoms with Crippen molar-refractivity contribution >= 4 is 19.2 Å². The summed E-state index contributed by atoms with van der Waals surface area (Å²) < 4.78 is 18.8. The van der Waals surface area contributed by atoms with Gasteiger partial charge in [-0.2, -0.15) is 0 Å². The van der Waals surface area contributed by atoms with E-state index in [1.54, 1.807) is 39.1 Å². The fraction of sp³-hybridized carbons (Fsp3) is 0.667. The molecule has 1 aromatic heterocycles. The predicted molar refractivity (Wildman–Crippen MR) is 97.1 cm³/mol. The van der Waals surface area contributed by atoms with Crippen LogP contribution < -0.4 is 0 Å². The van der Waals surface area contributed by atoms with Crippen LogP contribution in [0.15, 0.2) is 18.3 Å². The summed E-state index contributed by atoms with van der Waals surface area (Å²) >= 11 is 0. The van der Waals surface area contributed by atoms with Crippen LogP contribution in [0.5, 0.6) is 0 Å². The minimum atomic E-state index is -0.998. The lowest BCUT2D eigenvalue weighted by Crippen LogP contribution is -2.41. The molecular weight excluding hydrogens is 337 g/mol. The van der Waals surface area contributed by atoms with Gasteiger partial charge in [0.05, 0.1) is 17.6 Å². The lowest BCUT2D eigenvalue weighted by atomic mass is 9.68. The molecule has 0 spiro atoms. The Hall–Kier alpha value is -1.80. The summed E-state index contributed by atoms with van der Waals surface area (Å²) in [5.41, 5.74) is -1.37. The molecule has 1 fully saturated rings. The van der Waals surface area contributed by atoms with E-state index in [0.717, 1.165) is 0 Å². The number of carbonyl (C=O) groups excluding carboxylic acids is 1. The molecule has 0 saturated carbocycles. The van der Waals surface area contributed by atoms with E-state index in [1.165, 1.54) is 4.57 Å². The molecule has 1 saturated heterocycles. The maximum atomic E-state index is 12.5. The quantitative estimate of drug-likeness (QED) is 0.823. The van der Waals surface area contributed by atoms with E-state index >= 15 is 0 Å². The molecule has 1 atom stereocenters. The molecule has 0 bridgehead atoms. The summed E-state index contributed by atoms with van der Waals surface area (Å²) in [6.45, 7) is 12.9. The Morgan fingerprint density at radius 2 is 1.77 bits per heavy atom. The Bertz CT molecular complexity index is 672. The number of nitrogens with zero attached hydrogens (tertiary/aromatic N) is 1. The lowest BCUT2D eigenvalue weighted by Gasteiger charge is -2.32. The van der Waals surface area contributed by atoms with E-state index in [-0.39, 0.29) is 6.42 Å². The molecule has 1 N–H and O–H groups in total. The van der Waals surface area contributed by atoms with Crippen LogP contribution in [0.2, 0.25) is 0 Å². The Balaban J connectivity index is 2.37. The second kappa shape index (κ2) is 6.74. The van der Waals surface area contributed by atoms with Crippen LogP contribution in [0.25, 0.3) is 0 Å². The van der Waals surface area contributed by atoms with E-state index in [1.807, 2.05) is 27.7 Å². The van der Waals surface area contributed by atoms with Crippen molar-refractivity contribution in [2.45, 2.75) is 77.5 Å². The molecule has 0 aliphatic carbocycles. The van der Waals surface area contributed by atoms with Gasteiger partial charge in [0.25, 0.3) is 0 Å². The third-order valence-corrected chi connectivity index (χ3v) is 4.74. The normalized spacial score (nSPS) is 20.0. The zero-order valence-electron chi connectivity index (χ0n) is 16.5. The van der Waals surface area contributed by atoms with Crippen molar-refractivity contribution in [2.24, 2.45) is 0 Å². The first-order valence-corrected chi connectivity index (χ1v) is 8.71. The fourth-order valence-electron chi connectivity index (χ4n) is 2.75. The minimum Gasteiger partial charge on any atom is -0.481 e. The lowest BCUT2D eigenvalue weighted by molar-refractivity contribution is -0.137. The summed E-state index contributed by atoms with van der Waals surface area (Å²) in [6.07, 6.45) is 0.761. The Morgan fingerprint density at radius 3 is 2.23 bits per heavy atom. The van der Waals surface area contributed by atoms with Crippen LogP contribution in [0, 0.1) is 0 Å². The Morgan fingerprint density at radius 1 is 1.23 bits per heavy atom. The number of carbonyl (C=O) groups is 2. The van der Waals surface area contributed by atoms with Crippen LogP contribution in [0.4, 0.5) is 4.79 Å². The highest BCUT2D eigenvalue weighted by Gasteiger charge is 2.55. The minimum absolute atomic E-state index is 0.233. The summed E-state index contributed by atoms with van der Waals surface area (Å²) in [5.74, 6) is -1.65. The van der Waals surface area contributed by atoms with Crippen molar-refractivity contribution in [1.29, 1.82) is 0 Å². The summed E-state index contributed by atoms with van der Waals surface area (Å²) in [7, 11) is -0.785. The van der Waals surface area contributed by atoms with Crippen molar-refractivity contribution in [1.82, 2.24) is 4.57 Å². The van der Waals surface area contributed by atoms with Gasteiger partial charge in [0.2, 0.25) is 0 Å². The second-order valence-electron chi connectivity index (χ2n) is 8.61. The number of ether oxygens (including phenoxy) is 1. The van der Waals surface area contributed by atoms with Gasteiger partial charge in [0.15, 0.2) is 0 Å². The summed E-state index contributed by atoms with van der Waals surface area (Å²) in [5, 5.41) is 9.38. The molecule has 0 radical (unpaired) electrons. The van der Waals surface area contributed by atoms with E-state index in [0.29, 0.717) is 5.69 Å². The third kappa shape index (κ3) is 4.30. The zero-order chi connectivity index (χ0) is 19.9. The van der Waals surface area contributed by atoms with E-state index in [2.05, 4.69) is 0 Å². The average Bonchev–Trinajstić information content (AvgIpc) is 2.97. The molecule has 0 aromatic carbocycles. The molecule has 7 nitrogen and oxygen atoms in total. The van der Waals surface area contributed by atoms with Gasteiger partial charge in [-0.15, -0.1) is 0 Å². The predicted octanol–water partition coefficient (Wildman–Crippen LogP) is 3.46. The molecule has 8 heteroatoms. The van der Waals surface area contributed by atoms with Gasteiger partial charge in [-0.25, -0.2) is 4.79 Å². The van der Waals surface area contributed by atoms with Gasteiger partial charge in [0, 0.05) is 17.7 Å². The molecule has 26 heavy (non-hydrogen) atoms. The van der Waals surface area contributed by atoms with Gasteiger partial charge in [-0.05, 0) is 60.6 Å². The molecular formula is C18H28BNO6. The standard InChI is InChI=1S/C18H28BNO6/c1-16(2,3)24-15(23)20-10-8-9-13(20)12(11-14(21)22)19-25-17(4,5)18(6,7)26-19/h8-10,12H,11H2,1-7H3,(H,21,22). The second-order valence-corrected chi connectivity index (χ2v) is 8.61. The van der Waals surface area contributed by atoms with Crippen molar-refractivity contribution < 1.29 is 28.7 Å². The third-order valence-electron chi connectivity index (χ3n) is 4.74. The summed E-state index contributed by atoms with van der Waals surface area (Å²) in [4.78, 5) is 24.0. The monoisotopic (exact) mass is 365 g/mol. The van der Waals surface area contributed by atoms with Crippen molar-refractivity contribution in [3.63, 3.8) is 0 Å². The molecule has 1 aliphatic rings. The van der Waals surface area contributed by atoms with Crippen LogP contribution >= 0.6 is 0 Å². The number of aromatic nitrogens is 1. The van der Waals surface area contributed by atoms with E-state index in [4.69, 9.17) is 14.0 Å². The van der Waals surface area contributed by atoms with Gasteiger partial charge >= 0.3 is 19.2 Å². The first-order chi connectivity index (χ1) is 11.7. The van der Waals surface area contributed by atoms with E-state index < -0.39 is 41.8 Å². The number of hydrogen-bond donors (Lipinski definition) is 1. The smallest absolute Gasteiger partial charge is 0.467 e. The fourth-order valence-corrected chi connectivity index (χ4v) is 2.75. The Labute approximate surface area is 154 Å². The highest BCUT2D eigenvalue weighted by atomic mass is 16.7. The summed E-state index contributed by atoms with van der Waals surface area (Å²) in [6, 6.07) is 3.38. The van der Waals surface area contributed by atoms with Gasteiger partial charge in [-0.1, -0.05) is 0 Å². The molecule has 2 heterocycles. The molecule has 1 aromatic rings.